The highest BCUT2D eigenvalue weighted by atomic mass is 19.1. The van der Waals surface area contributed by atoms with E-state index in [4.69, 9.17) is 0 Å². The van der Waals surface area contributed by atoms with Crippen molar-refractivity contribution in [2.45, 2.75) is 65.2 Å². The van der Waals surface area contributed by atoms with Crippen LogP contribution in [0.3, 0.4) is 0 Å². The molecule has 2 aromatic rings. The van der Waals surface area contributed by atoms with Crippen molar-refractivity contribution in [1.29, 1.82) is 0 Å². The van der Waals surface area contributed by atoms with E-state index in [2.05, 4.69) is 23.8 Å². The maximum absolute atomic E-state index is 14.5. The third-order valence-corrected chi connectivity index (χ3v) is 5.77. The van der Waals surface area contributed by atoms with Gasteiger partial charge in [0.15, 0.2) is 5.82 Å². The van der Waals surface area contributed by atoms with Crippen molar-refractivity contribution in [2.75, 3.05) is 0 Å². The van der Waals surface area contributed by atoms with E-state index in [1.165, 1.54) is 38.5 Å². The van der Waals surface area contributed by atoms with E-state index in [-0.39, 0.29) is 5.82 Å². The maximum Gasteiger partial charge on any atom is 0.162 e. The molecule has 0 radical (unpaired) electrons. The molecule has 2 nitrogen and oxygen atoms in total. The Bertz CT molecular complexity index is 673. The lowest BCUT2D eigenvalue weighted by atomic mass is 9.78. The van der Waals surface area contributed by atoms with Crippen LogP contribution in [0.2, 0.25) is 0 Å². The van der Waals surface area contributed by atoms with Crippen molar-refractivity contribution in [1.82, 2.24) is 9.97 Å². The number of hydrogen-bond acceptors (Lipinski definition) is 2. The molecule has 0 atom stereocenters. The second-order valence-corrected chi connectivity index (χ2v) is 7.42. The Hall–Kier alpha value is -1.77. The molecule has 1 saturated carbocycles. The predicted octanol–water partition coefficient (Wildman–Crippen LogP) is 5.99. The van der Waals surface area contributed by atoms with E-state index in [1.54, 1.807) is 18.5 Å². The molecule has 0 unspecified atom stereocenters. The molecule has 0 saturated heterocycles. The summed E-state index contributed by atoms with van der Waals surface area (Å²) in [5.41, 5.74) is 2.65. The number of aryl methyl sites for hydroxylation is 2. The Kier molecular flexibility index (Phi) is 6.17. The first-order valence-corrected chi connectivity index (χ1v) is 9.79. The minimum Gasteiger partial charge on any atom is -0.236 e. The normalized spacial score (nSPS) is 20.6. The van der Waals surface area contributed by atoms with Crippen molar-refractivity contribution in [3.05, 3.63) is 47.5 Å². The molecule has 0 bridgehead atoms. The minimum absolute atomic E-state index is 0.212. The second kappa shape index (κ2) is 8.55. The molecule has 1 aliphatic carbocycles. The van der Waals surface area contributed by atoms with Gasteiger partial charge in [-0.2, -0.15) is 0 Å². The van der Waals surface area contributed by atoms with Crippen molar-refractivity contribution in [3.8, 4) is 11.4 Å². The van der Waals surface area contributed by atoms with Crippen LogP contribution in [0.15, 0.2) is 30.6 Å². The molecule has 1 aromatic carbocycles. The number of benzene rings is 1. The van der Waals surface area contributed by atoms with Gasteiger partial charge in [0.1, 0.15) is 5.82 Å². The van der Waals surface area contributed by atoms with Crippen molar-refractivity contribution in [3.63, 3.8) is 0 Å². The van der Waals surface area contributed by atoms with Crippen LogP contribution in [0.1, 0.15) is 63.5 Å². The van der Waals surface area contributed by atoms with Gasteiger partial charge in [0.25, 0.3) is 0 Å². The van der Waals surface area contributed by atoms with Crippen molar-refractivity contribution >= 4 is 0 Å². The predicted molar refractivity (Wildman–Crippen MR) is 101 cm³/mol. The number of hydrogen-bond donors (Lipinski definition) is 0. The summed E-state index contributed by atoms with van der Waals surface area (Å²) >= 11 is 0. The average Bonchev–Trinajstić information content (AvgIpc) is 2.67. The van der Waals surface area contributed by atoms with Crippen LogP contribution in [0.25, 0.3) is 11.4 Å². The Balaban J connectivity index is 1.60. The van der Waals surface area contributed by atoms with Crippen LogP contribution in [0.4, 0.5) is 4.39 Å². The van der Waals surface area contributed by atoms with Crippen LogP contribution in [0, 0.1) is 17.7 Å². The van der Waals surface area contributed by atoms with Crippen LogP contribution >= 0.6 is 0 Å². The fourth-order valence-electron chi connectivity index (χ4n) is 3.87. The fourth-order valence-corrected chi connectivity index (χ4v) is 3.87. The lowest BCUT2D eigenvalue weighted by Gasteiger charge is -2.27. The SMILES string of the molecule is CCc1cnc(-c2ccc(CC[C@H]3CC[C@H](CC)CC3)cc2F)nc1. The topological polar surface area (TPSA) is 25.8 Å². The molecule has 0 amide bonds. The third-order valence-electron chi connectivity index (χ3n) is 5.77. The smallest absolute Gasteiger partial charge is 0.162 e. The van der Waals surface area contributed by atoms with Crippen LogP contribution < -0.4 is 0 Å². The zero-order valence-corrected chi connectivity index (χ0v) is 15.5. The molecule has 1 heterocycles. The van der Waals surface area contributed by atoms with Gasteiger partial charge in [0.2, 0.25) is 0 Å². The zero-order chi connectivity index (χ0) is 17.6. The molecule has 3 heteroatoms. The van der Waals surface area contributed by atoms with E-state index >= 15 is 0 Å². The molecule has 1 fully saturated rings. The fraction of sp³-hybridized carbons (Fsp3) is 0.545. The van der Waals surface area contributed by atoms with Gasteiger partial charge in [-0.15, -0.1) is 0 Å². The summed E-state index contributed by atoms with van der Waals surface area (Å²) in [6, 6.07) is 5.54. The van der Waals surface area contributed by atoms with Crippen LogP contribution in [-0.2, 0) is 12.8 Å². The minimum atomic E-state index is -0.212. The van der Waals surface area contributed by atoms with E-state index in [0.717, 1.165) is 35.8 Å². The molecule has 0 aliphatic heterocycles. The van der Waals surface area contributed by atoms with Gasteiger partial charge in [0.05, 0.1) is 5.56 Å². The largest absolute Gasteiger partial charge is 0.236 e. The molecule has 1 aromatic heterocycles. The van der Waals surface area contributed by atoms with Crippen LogP contribution in [-0.4, -0.2) is 9.97 Å². The highest BCUT2D eigenvalue weighted by molar-refractivity contribution is 5.56. The molecular formula is C22H29FN2. The maximum atomic E-state index is 14.5. The van der Waals surface area contributed by atoms with Crippen molar-refractivity contribution in [2.24, 2.45) is 11.8 Å². The van der Waals surface area contributed by atoms with Gasteiger partial charge in [-0.25, -0.2) is 14.4 Å². The van der Waals surface area contributed by atoms with Gasteiger partial charge in [-0.05, 0) is 54.4 Å². The van der Waals surface area contributed by atoms with E-state index in [1.807, 2.05) is 12.1 Å². The highest BCUT2D eigenvalue weighted by Gasteiger charge is 2.19. The van der Waals surface area contributed by atoms with Crippen LogP contribution in [0.5, 0.6) is 0 Å². The molecule has 0 N–H and O–H groups in total. The summed E-state index contributed by atoms with van der Waals surface area (Å²) in [6.07, 6.45) is 13.4. The average molecular weight is 340 g/mol. The number of halogens is 1. The number of nitrogens with zero attached hydrogens (tertiary/aromatic N) is 2. The molecule has 0 spiro atoms. The molecule has 3 rings (SSSR count). The monoisotopic (exact) mass is 340 g/mol. The van der Waals surface area contributed by atoms with E-state index in [9.17, 15) is 4.39 Å². The van der Waals surface area contributed by atoms with Gasteiger partial charge < -0.3 is 0 Å². The Labute approximate surface area is 150 Å². The Morgan fingerprint density at radius 3 is 2.24 bits per heavy atom. The third kappa shape index (κ3) is 4.65. The zero-order valence-electron chi connectivity index (χ0n) is 15.5. The first kappa shape index (κ1) is 18.0. The molecule has 25 heavy (non-hydrogen) atoms. The Morgan fingerprint density at radius 1 is 0.960 bits per heavy atom. The lowest BCUT2D eigenvalue weighted by Crippen LogP contribution is -2.14. The standard InChI is InChI=1S/C22H29FN2/c1-3-16-5-7-18(8-6-16)9-10-19-11-12-20(21(23)13-19)22-24-14-17(4-2)15-25-22/h11-16,18H,3-10H2,1-2H3/t16-,18-. The van der Waals surface area contributed by atoms with E-state index < -0.39 is 0 Å². The van der Waals surface area contributed by atoms with Crippen molar-refractivity contribution < 1.29 is 4.39 Å². The first-order valence-electron chi connectivity index (χ1n) is 9.79. The molecule has 134 valence electrons. The summed E-state index contributed by atoms with van der Waals surface area (Å²) in [6.45, 7) is 4.36. The van der Waals surface area contributed by atoms with E-state index in [0.29, 0.717) is 11.4 Å². The number of rotatable bonds is 6. The number of aromatic nitrogens is 2. The Morgan fingerprint density at radius 2 is 1.64 bits per heavy atom. The summed E-state index contributed by atoms with van der Waals surface area (Å²) in [4.78, 5) is 8.59. The summed E-state index contributed by atoms with van der Waals surface area (Å²) in [5.74, 6) is 2.01. The summed E-state index contributed by atoms with van der Waals surface area (Å²) in [7, 11) is 0. The summed E-state index contributed by atoms with van der Waals surface area (Å²) in [5, 5.41) is 0. The summed E-state index contributed by atoms with van der Waals surface area (Å²) < 4.78 is 14.5. The van der Waals surface area contributed by atoms with Gasteiger partial charge in [0, 0.05) is 12.4 Å². The van der Waals surface area contributed by atoms with Gasteiger partial charge in [-0.1, -0.05) is 52.0 Å². The lowest BCUT2D eigenvalue weighted by molar-refractivity contribution is 0.259. The second-order valence-electron chi connectivity index (χ2n) is 7.42. The highest BCUT2D eigenvalue weighted by Crippen LogP contribution is 2.33. The van der Waals surface area contributed by atoms with Gasteiger partial charge >= 0.3 is 0 Å². The molecule has 1 aliphatic rings. The quantitative estimate of drug-likeness (QED) is 0.645. The van der Waals surface area contributed by atoms with Gasteiger partial charge in [-0.3, -0.25) is 0 Å². The first-order chi connectivity index (χ1) is 12.2. The molecular weight excluding hydrogens is 311 g/mol.